The molecule has 3 aromatic rings. The summed E-state index contributed by atoms with van der Waals surface area (Å²) in [6.45, 7) is 0. The van der Waals surface area contributed by atoms with Crippen LogP contribution in [-0.4, -0.2) is 8.42 Å². The first kappa shape index (κ1) is 14.5. The molecule has 0 saturated heterocycles. The molecule has 0 spiro atoms. The summed E-state index contributed by atoms with van der Waals surface area (Å²) >= 11 is 0. The molecule has 4 heteroatoms. The predicted octanol–water partition coefficient (Wildman–Crippen LogP) is 4.58. The molecule has 0 heterocycles. The van der Waals surface area contributed by atoms with E-state index in [-0.39, 0.29) is 4.90 Å². The smallest absolute Gasteiger partial charge is 0.216 e. The summed E-state index contributed by atoms with van der Waals surface area (Å²) in [6.07, 6.45) is 1.05. The van der Waals surface area contributed by atoms with Crippen molar-refractivity contribution in [3.8, 4) is 0 Å². The van der Waals surface area contributed by atoms with Crippen LogP contribution in [0.25, 0.3) is 16.8 Å². The minimum Gasteiger partial charge on any atom is -0.216 e. The Hall–Kier alpha value is -2.46. The van der Waals surface area contributed by atoms with Gasteiger partial charge in [-0.15, -0.1) is 0 Å². The lowest BCUT2D eigenvalue weighted by Crippen LogP contribution is -2.00. The van der Waals surface area contributed by atoms with E-state index >= 15 is 0 Å². The Morgan fingerprint density at radius 2 is 1.45 bits per heavy atom. The minimum absolute atomic E-state index is 0.0514. The van der Waals surface area contributed by atoms with Crippen LogP contribution in [0.15, 0.2) is 82.9 Å². The van der Waals surface area contributed by atoms with Gasteiger partial charge in [0.2, 0.25) is 15.0 Å². The first-order chi connectivity index (χ1) is 10.6. The maximum absolute atomic E-state index is 14.2. The number of rotatable bonds is 3. The monoisotopic (exact) mass is 312 g/mol. The van der Waals surface area contributed by atoms with Gasteiger partial charge in [-0.2, -0.15) is 4.39 Å². The van der Waals surface area contributed by atoms with Crippen molar-refractivity contribution in [1.82, 2.24) is 0 Å². The van der Waals surface area contributed by atoms with Gasteiger partial charge in [-0.25, -0.2) is 8.42 Å². The number of halogens is 1. The van der Waals surface area contributed by atoms with E-state index in [0.29, 0.717) is 5.56 Å². The van der Waals surface area contributed by atoms with Gasteiger partial charge in [0.1, 0.15) is 0 Å². The van der Waals surface area contributed by atoms with Crippen molar-refractivity contribution in [2.45, 2.75) is 4.90 Å². The molecule has 22 heavy (non-hydrogen) atoms. The second-order valence-corrected chi connectivity index (χ2v) is 6.74. The van der Waals surface area contributed by atoms with Crippen molar-refractivity contribution in [2.24, 2.45) is 0 Å². The molecule has 3 aromatic carbocycles. The largest absolute Gasteiger partial charge is 0.233 e. The molecule has 2 nitrogen and oxygen atoms in total. The quantitative estimate of drug-likeness (QED) is 0.709. The fraction of sp³-hybridized carbons (Fsp3) is 0. The Morgan fingerprint density at radius 1 is 0.818 bits per heavy atom. The van der Waals surface area contributed by atoms with Crippen LogP contribution in [0.5, 0.6) is 0 Å². The van der Waals surface area contributed by atoms with Crippen LogP contribution in [0.1, 0.15) is 5.56 Å². The maximum Gasteiger partial charge on any atom is 0.233 e. The van der Waals surface area contributed by atoms with Gasteiger partial charge in [-0.3, -0.25) is 0 Å². The molecule has 0 unspecified atom stereocenters. The average molecular weight is 312 g/mol. The van der Waals surface area contributed by atoms with Crippen molar-refractivity contribution in [3.05, 3.63) is 83.5 Å². The van der Waals surface area contributed by atoms with Crippen LogP contribution in [0, 0.1) is 0 Å². The predicted molar refractivity (Wildman–Crippen MR) is 86.7 cm³/mol. The molecule has 0 fully saturated rings. The first-order valence-corrected chi connectivity index (χ1v) is 8.22. The highest BCUT2D eigenvalue weighted by atomic mass is 32.2. The van der Waals surface area contributed by atoms with Gasteiger partial charge in [0.05, 0.1) is 4.90 Å². The van der Waals surface area contributed by atoms with Crippen molar-refractivity contribution < 1.29 is 12.8 Å². The normalized spacial score (nSPS) is 12.5. The first-order valence-electron chi connectivity index (χ1n) is 6.73. The fourth-order valence-corrected chi connectivity index (χ4v) is 3.25. The van der Waals surface area contributed by atoms with Gasteiger partial charge in [-0.05, 0) is 40.6 Å². The molecule has 0 aromatic heterocycles. The molecule has 0 aliphatic heterocycles. The van der Waals surface area contributed by atoms with Gasteiger partial charge < -0.3 is 0 Å². The molecule has 0 saturated carbocycles. The van der Waals surface area contributed by atoms with E-state index in [1.54, 1.807) is 30.3 Å². The van der Waals surface area contributed by atoms with E-state index in [1.807, 2.05) is 30.3 Å². The zero-order valence-electron chi connectivity index (χ0n) is 11.6. The van der Waals surface area contributed by atoms with Gasteiger partial charge in [0.25, 0.3) is 0 Å². The van der Waals surface area contributed by atoms with E-state index in [9.17, 15) is 12.8 Å². The molecule has 3 rings (SSSR count). The highest BCUT2D eigenvalue weighted by Gasteiger charge is 2.20. The molecule has 0 aliphatic rings. The lowest BCUT2D eigenvalue weighted by Gasteiger charge is -2.03. The van der Waals surface area contributed by atoms with Gasteiger partial charge >= 0.3 is 0 Å². The topological polar surface area (TPSA) is 34.1 Å². The van der Waals surface area contributed by atoms with Gasteiger partial charge in [0.15, 0.2) is 0 Å². The number of hydrogen-bond donors (Lipinski definition) is 0. The summed E-state index contributed by atoms with van der Waals surface area (Å²) in [6, 6.07) is 20.5. The van der Waals surface area contributed by atoms with Gasteiger partial charge in [-0.1, -0.05) is 54.6 Å². The van der Waals surface area contributed by atoms with Crippen LogP contribution in [0.3, 0.4) is 0 Å². The molecular weight excluding hydrogens is 299 g/mol. The summed E-state index contributed by atoms with van der Waals surface area (Å²) in [5, 5.41) is 0.793. The molecule has 0 aliphatic carbocycles. The second-order valence-electron chi connectivity index (χ2n) is 4.87. The molecule has 0 radical (unpaired) electrons. The van der Waals surface area contributed by atoms with Crippen molar-refractivity contribution in [3.63, 3.8) is 0 Å². The zero-order valence-corrected chi connectivity index (χ0v) is 12.4. The Morgan fingerprint density at radius 3 is 2.18 bits per heavy atom. The molecule has 110 valence electrons. The SMILES string of the molecule is O=S(=O)(C(F)=Cc1ccc2ccccc2c1)c1ccccc1. The number of hydrogen-bond acceptors (Lipinski definition) is 2. The summed E-state index contributed by atoms with van der Waals surface area (Å²) in [7, 11) is -4.10. The third kappa shape index (κ3) is 2.78. The average Bonchev–Trinajstić information content (AvgIpc) is 2.55. The Labute approximate surface area is 128 Å². The summed E-state index contributed by atoms with van der Waals surface area (Å²) in [4.78, 5) is -0.0514. The number of benzene rings is 3. The van der Waals surface area contributed by atoms with Crippen LogP contribution in [0.2, 0.25) is 0 Å². The van der Waals surface area contributed by atoms with Crippen molar-refractivity contribution in [2.75, 3.05) is 0 Å². The van der Waals surface area contributed by atoms with E-state index in [2.05, 4.69) is 0 Å². The van der Waals surface area contributed by atoms with Crippen LogP contribution in [-0.2, 0) is 9.84 Å². The second kappa shape index (κ2) is 5.73. The van der Waals surface area contributed by atoms with E-state index in [0.717, 1.165) is 16.8 Å². The molecule has 0 amide bonds. The maximum atomic E-state index is 14.2. The minimum atomic E-state index is -4.10. The lowest BCUT2D eigenvalue weighted by atomic mass is 10.1. The summed E-state index contributed by atoms with van der Waals surface area (Å²) < 4.78 is 38.5. The van der Waals surface area contributed by atoms with Crippen molar-refractivity contribution >= 4 is 26.7 Å². The van der Waals surface area contributed by atoms with Gasteiger partial charge in [0, 0.05) is 0 Å². The van der Waals surface area contributed by atoms with E-state index in [4.69, 9.17) is 0 Å². The Kier molecular flexibility index (Phi) is 3.77. The van der Waals surface area contributed by atoms with Crippen LogP contribution >= 0.6 is 0 Å². The summed E-state index contributed by atoms with van der Waals surface area (Å²) in [5.74, 6) is 0. The van der Waals surface area contributed by atoms with Crippen LogP contribution in [0.4, 0.5) is 4.39 Å². The molecule has 0 N–H and O–H groups in total. The van der Waals surface area contributed by atoms with Crippen molar-refractivity contribution in [1.29, 1.82) is 0 Å². The Bertz CT molecular complexity index is 945. The third-order valence-corrected chi connectivity index (χ3v) is 4.89. The number of fused-ring (bicyclic) bond motifs is 1. The molecule has 0 bridgehead atoms. The Balaban J connectivity index is 2.03. The fourth-order valence-electron chi connectivity index (χ4n) is 2.22. The molecule has 0 atom stereocenters. The zero-order chi connectivity index (χ0) is 15.6. The molecular formula is C18H13FO2S. The highest BCUT2D eigenvalue weighted by molar-refractivity contribution is 7.95. The summed E-state index contributed by atoms with van der Waals surface area (Å²) in [5.41, 5.74) is 0.510. The van der Waals surface area contributed by atoms with E-state index in [1.165, 1.54) is 12.1 Å². The third-order valence-electron chi connectivity index (χ3n) is 3.36. The number of sulfone groups is 1. The standard InChI is InChI=1S/C18H13FO2S/c19-18(22(20,21)17-8-2-1-3-9-17)13-14-10-11-15-6-4-5-7-16(15)12-14/h1-13H. The highest BCUT2D eigenvalue weighted by Crippen LogP contribution is 2.24. The lowest BCUT2D eigenvalue weighted by molar-refractivity contribution is 0.579. The van der Waals surface area contributed by atoms with Crippen LogP contribution < -0.4 is 0 Å². The van der Waals surface area contributed by atoms with E-state index < -0.39 is 15.0 Å².